The summed E-state index contributed by atoms with van der Waals surface area (Å²) in [6.07, 6.45) is 0. The summed E-state index contributed by atoms with van der Waals surface area (Å²) in [6.45, 7) is 0. The van der Waals surface area contributed by atoms with Crippen molar-refractivity contribution >= 4 is 48.8 Å². The van der Waals surface area contributed by atoms with E-state index < -0.39 is 0 Å². The van der Waals surface area contributed by atoms with E-state index in [2.05, 4.69) is 52.1 Å². The van der Waals surface area contributed by atoms with Crippen LogP contribution < -0.4 is 5.32 Å². The van der Waals surface area contributed by atoms with Crippen molar-refractivity contribution < 1.29 is 0 Å². The van der Waals surface area contributed by atoms with Crippen LogP contribution in [0.5, 0.6) is 0 Å². The fraction of sp³-hybridized carbons (Fsp3) is 0.0769. The van der Waals surface area contributed by atoms with Crippen LogP contribution in [-0.4, -0.2) is 22.0 Å². The molecule has 2 aromatic heterocycles. The van der Waals surface area contributed by atoms with E-state index in [4.69, 9.17) is 0 Å². The average Bonchev–Trinajstić information content (AvgIpc) is 2.80. The number of aromatic nitrogens is 3. The highest BCUT2D eigenvalue weighted by molar-refractivity contribution is 9.11. The van der Waals surface area contributed by atoms with Crippen molar-refractivity contribution in [2.45, 2.75) is 0 Å². The van der Waals surface area contributed by atoms with Crippen LogP contribution in [0.1, 0.15) is 0 Å². The fourth-order valence-electron chi connectivity index (χ4n) is 1.86. The molecule has 0 bridgehead atoms. The van der Waals surface area contributed by atoms with Crippen LogP contribution in [0.25, 0.3) is 22.6 Å². The van der Waals surface area contributed by atoms with Crippen LogP contribution in [-0.2, 0) is 0 Å². The second-order valence-electron chi connectivity index (χ2n) is 4.06. The molecule has 0 aliphatic rings. The summed E-state index contributed by atoms with van der Waals surface area (Å²) in [5.74, 6) is 1.61. The van der Waals surface area contributed by atoms with Gasteiger partial charge in [-0.2, -0.15) is 0 Å². The topological polar surface area (TPSA) is 53.6 Å². The zero-order valence-corrected chi connectivity index (χ0v) is 13.2. The number of H-pyrrole nitrogens is 1. The van der Waals surface area contributed by atoms with Crippen molar-refractivity contribution in [3.05, 3.63) is 39.3 Å². The highest BCUT2D eigenvalue weighted by atomic mass is 79.9. The van der Waals surface area contributed by atoms with Gasteiger partial charge in [0.2, 0.25) is 0 Å². The molecule has 0 unspecified atom stereocenters. The normalized spacial score (nSPS) is 10.9. The van der Waals surface area contributed by atoms with E-state index in [-0.39, 0.29) is 0 Å². The third-order valence-electron chi connectivity index (χ3n) is 2.74. The Labute approximate surface area is 126 Å². The number of benzene rings is 1. The minimum atomic E-state index is 0.706. The Kier molecular flexibility index (Phi) is 3.28. The van der Waals surface area contributed by atoms with Gasteiger partial charge in [-0.15, -0.1) is 0 Å². The molecule has 3 rings (SSSR count). The van der Waals surface area contributed by atoms with E-state index in [1.165, 1.54) is 0 Å². The summed E-state index contributed by atoms with van der Waals surface area (Å²) in [6, 6.07) is 9.91. The van der Waals surface area contributed by atoms with Gasteiger partial charge in [0.05, 0.1) is 5.52 Å². The molecule has 0 spiro atoms. The lowest BCUT2D eigenvalue weighted by atomic mass is 10.2. The van der Waals surface area contributed by atoms with E-state index in [1.54, 1.807) is 0 Å². The summed E-state index contributed by atoms with van der Waals surface area (Å²) in [4.78, 5) is 12.2. The molecule has 19 heavy (non-hydrogen) atoms. The first-order chi connectivity index (χ1) is 9.15. The molecule has 0 aliphatic heterocycles. The SMILES string of the molecule is CNc1ccc2[nH]c(-c3cc(Br)cc(Br)c3)nc2n1. The number of nitrogens with one attached hydrogen (secondary N) is 2. The van der Waals surface area contributed by atoms with Gasteiger partial charge in [0, 0.05) is 21.6 Å². The second kappa shape index (κ2) is 4.94. The van der Waals surface area contributed by atoms with Gasteiger partial charge in [0.15, 0.2) is 5.65 Å². The van der Waals surface area contributed by atoms with Crippen LogP contribution in [0.2, 0.25) is 0 Å². The maximum atomic E-state index is 4.53. The minimum absolute atomic E-state index is 0.706. The molecule has 0 atom stereocenters. The molecule has 6 heteroatoms. The van der Waals surface area contributed by atoms with E-state index in [9.17, 15) is 0 Å². The molecule has 2 heterocycles. The molecule has 0 saturated carbocycles. The van der Waals surface area contributed by atoms with Crippen molar-refractivity contribution in [3.8, 4) is 11.4 Å². The molecule has 0 radical (unpaired) electrons. The van der Waals surface area contributed by atoms with Gasteiger partial charge >= 0.3 is 0 Å². The smallest absolute Gasteiger partial charge is 0.180 e. The van der Waals surface area contributed by atoms with E-state index in [1.807, 2.05) is 37.4 Å². The lowest BCUT2D eigenvalue weighted by molar-refractivity contribution is 1.28. The number of pyridine rings is 1. The number of fused-ring (bicyclic) bond motifs is 1. The van der Waals surface area contributed by atoms with Gasteiger partial charge in [-0.1, -0.05) is 31.9 Å². The minimum Gasteiger partial charge on any atom is -0.373 e. The fourth-order valence-corrected chi connectivity index (χ4v) is 3.15. The van der Waals surface area contributed by atoms with Crippen LogP contribution in [0.3, 0.4) is 0 Å². The predicted octanol–water partition coefficient (Wildman–Crippen LogP) is 4.19. The first kappa shape index (κ1) is 12.6. The highest BCUT2D eigenvalue weighted by Crippen LogP contribution is 2.27. The van der Waals surface area contributed by atoms with Gasteiger partial charge in [-0.3, -0.25) is 0 Å². The number of nitrogens with zero attached hydrogens (tertiary/aromatic N) is 2. The monoisotopic (exact) mass is 380 g/mol. The maximum absolute atomic E-state index is 4.53. The largest absolute Gasteiger partial charge is 0.373 e. The van der Waals surface area contributed by atoms with Crippen LogP contribution >= 0.6 is 31.9 Å². The molecule has 0 fully saturated rings. The first-order valence-corrected chi connectivity index (χ1v) is 7.25. The van der Waals surface area contributed by atoms with Crippen LogP contribution in [0, 0.1) is 0 Å². The summed E-state index contributed by atoms with van der Waals surface area (Å²) in [7, 11) is 1.84. The third kappa shape index (κ3) is 2.50. The Bertz CT molecular complexity index is 731. The van der Waals surface area contributed by atoms with Crippen molar-refractivity contribution in [1.82, 2.24) is 15.0 Å². The molecule has 0 saturated heterocycles. The van der Waals surface area contributed by atoms with Crippen molar-refractivity contribution in [3.63, 3.8) is 0 Å². The van der Waals surface area contributed by atoms with Gasteiger partial charge in [-0.25, -0.2) is 9.97 Å². The zero-order valence-electron chi connectivity index (χ0n) is 10.0. The Morgan fingerprint density at radius 2 is 1.79 bits per heavy atom. The van der Waals surface area contributed by atoms with Crippen molar-refractivity contribution in [2.24, 2.45) is 0 Å². The standard InChI is InChI=1S/C13H10Br2N4/c1-16-11-3-2-10-13(18-11)19-12(17-10)7-4-8(14)6-9(15)5-7/h2-6H,1H3,(H2,16,17,18,19). The summed E-state index contributed by atoms with van der Waals surface area (Å²) >= 11 is 6.96. The Morgan fingerprint density at radius 1 is 1.05 bits per heavy atom. The third-order valence-corrected chi connectivity index (χ3v) is 3.65. The van der Waals surface area contributed by atoms with E-state index in [0.29, 0.717) is 5.65 Å². The lowest BCUT2D eigenvalue weighted by Gasteiger charge is -1.99. The van der Waals surface area contributed by atoms with Crippen molar-refractivity contribution in [2.75, 3.05) is 12.4 Å². The Hall–Kier alpha value is -1.40. The maximum Gasteiger partial charge on any atom is 0.180 e. The molecular weight excluding hydrogens is 372 g/mol. The van der Waals surface area contributed by atoms with Gasteiger partial charge in [0.1, 0.15) is 11.6 Å². The predicted molar refractivity (Wildman–Crippen MR) is 84.3 cm³/mol. The van der Waals surface area contributed by atoms with Gasteiger partial charge < -0.3 is 10.3 Å². The highest BCUT2D eigenvalue weighted by Gasteiger charge is 2.08. The average molecular weight is 382 g/mol. The van der Waals surface area contributed by atoms with Crippen LogP contribution in [0.15, 0.2) is 39.3 Å². The zero-order chi connectivity index (χ0) is 13.4. The first-order valence-electron chi connectivity index (χ1n) is 5.67. The van der Waals surface area contributed by atoms with Gasteiger partial charge in [-0.05, 0) is 30.3 Å². The molecule has 0 amide bonds. The molecule has 3 aromatic rings. The molecular formula is C13H10Br2N4. The van der Waals surface area contributed by atoms with E-state index in [0.717, 1.165) is 31.7 Å². The summed E-state index contributed by atoms with van der Waals surface area (Å²) in [5.41, 5.74) is 2.63. The number of hydrogen-bond donors (Lipinski definition) is 2. The van der Waals surface area contributed by atoms with Crippen molar-refractivity contribution in [1.29, 1.82) is 0 Å². The molecule has 4 nitrogen and oxygen atoms in total. The molecule has 2 N–H and O–H groups in total. The van der Waals surface area contributed by atoms with Gasteiger partial charge in [0.25, 0.3) is 0 Å². The number of aromatic amines is 1. The second-order valence-corrected chi connectivity index (χ2v) is 5.89. The number of anilines is 1. The lowest BCUT2D eigenvalue weighted by Crippen LogP contribution is -1.91. The molecule has 0 aliphatic carbocycles. The molecule has 96 valence electrons. The number of hydrogen-bond acceptors (Lipinski definition) is 3. The number of halogens is 2. The Balaban J connectivity index is 2.14. The van der Waals surface area contributed by atoms with E-state index >= 15 is 0 Å². The van der Waals surface area contributed by atoms with Crippen LogP contribution in [0.4, 0.5) is 5.82 Å². The quantitative estimate of drug-likeness (QED) is 0.699. The Morgan fingerprint density at radius 3 is 2.47 bits per heavy atom. The molecule has 1 aromatic carbocycles. The number of rotatable bonds is 2. The summed E-state index contributed by atoms with van der Waals surface area (Å²) < 4.78 is 2.00. The summed E-state index contributed by atoms with van der Waals surface area (Å²) in [5, 5.41) is 3.01. The number of imidazole rings is 1.